The molecule has 0 bridgehead atoms. The summed E-state index contributed by atoms with van der Waals surface area (Å²) in [5, 5.41) is 3.13. The summed E-state index contributed by atoms with van der Waals surface area (Å²) in [4.78, 5) is 27.0. The molecule has 1 aliphatic carbocycles. The number of hydrogen-bond donors (Lipinski definition) is 2. The average molecular weight is 538 g/mol. The van der Waals surface area contributed by atoms with E-state index in [1.807, 2.05) is 0 Å². The molecule has 5 rings (SSSR count). The molecule has 8 nitrogen and oxygen atoms in total. The summed E-state index contributed by atoms with van der Waals surface area (Å²) in [6.07, 6.45) is 2.72. The Kier molecular flexibility index (Phi) is 6.18. The Morgan fingerprint density at radius 1 is 1.00 bits per heavy atom. The van der Waals surface area contributed by atoms with Crippen molar-refractivity contribution in [3.8, 4) is 11.1 Å². The summed E-state index contributed by atoms with van der Waals surface area (Å²) < 4.78 is 48.8. The molecule has 0 spiro atoms. The maximum atomic E-state index is 14.8. The number of benzene rings is 2. The van der Waals surface area contributed by atoms with Crippen LogP contribution in [-0.4, -0.2) is 19.2 Å². The lowest BCUT2D eigenvalue weighted by molar-refractivity contribution is 0.552. The fraction of sp³-hybridized carbons (Fsp3) is 0.286. The first-order valence-electron chi connectivity index (χ1n) is 12.2. The zero-order valence-corrected chi connectivity index (χ0v) is 22.5. The summed E-state index contributed by atoms with van der Waals surface area (Å²) in [7, 11) is -3.55. The number of aryl methyl sites for hydroxylation is 1. The Balaban J connectivity index is 1.88. The summed E-state index contributed by atoms with van der Waals surface area (Å²) >= 11 is 0. The number of nitrogens with one attached hydrogen (secondary N) is 2. The molecule has 0 atom stereocenters. The summed E-state index contributed by atoms with van der Waals surface area (Å²) in [5.41, 5.74) is 2.93. The molecule has 0 saturated heterocycles. The number of halogens is 1. The van der Waals surface area contributed by atoms with E-state index >= 15 is 0 Å². The van der Waals surface area contributed by atoms with E-state index in [2.05, 4.69) is 10.0 Å². The van der Waals surface area contributed by atoms with Crippen LogP contribution in [0.1, 0.15) is 41.3 Å². The molecule has 2 N–H and O–H groups in total. The van der Waals surface area contributed by atoms with Crippen LogP contribution < -0.4 is 21.2 Å². The highest BCUT2D eigenvalue weighted by molar-refractivity contribution is 7.92. The predicted octanol–water partition coefficient (Wildman–Crippen LogP) is 5.44. The maximum Gasteiger partial charge on any atom is 0.341 e. The van der Waals surface area contributed by atoms with Crippen LogP contribution in [0.3, 0.4) is 0 Å². The van der Waals surface area contributed by atoms with Crippen LogP contribution in [0.5, 0.6) is 0 Å². The number of pyridine rings is 1. The standard InChI is InChI=1S/C28H28FN3O5S/c1-14-9-12-22(20(29)13-14)30-25-16(3)28(34)37-26-23(17(4)32(18-10-11-18)27(33)24(25)26)19-7-6-8-21(15(19)2)31-38(5,35)36/h6-9,12-13,18,30-31H,10-11H2,1-5H3. The highest BCUT2D eigenvalue weighted by Crippen LogP contribution is 2.42. The van der Waals surface area contributed by atoms with Crippen LogP contribution in [0.25, 0.3) is 22.1 Å². The summed E-state index contributed by atoms with van der Waals surface area (Å²) in [5.74, 6) is -0.518. The monoisotopic (exact) mass is 537 g/mol. The van der Waals surface area contributed by atoms with E-state index in [0.717, 1.165) is 24.7 Å². The molecule has 2 heterocycles. The number of aromatic nitrogens is 1. The fourth-order valence-corrected chi connectivity index (χ4v) is 5.50. The Morgan fingerprint density at radius 3 is 2.34 bits per heavy atom. The van der Waals surface area contributed by atoms with Gasteiger partial charge in [0.1, 0.15) is 11.2 Å². The van der Waals surface area contributed by atoms with E-state index in [1.54, 1.807) is 55.7 Å². The van der Waals surface area contributed by atoms with Crippen molar-refractivity contribution in [2.75, 3.05) is 16.3 Å². The van der Waals surface area contributed by atoms with Gasteiger partial charge < -0.3 is 14.3 Å². The molecule has 2 aromatic heterocycles. The van der Waals surface area contributed by atoms with Crippen molar-refractivity contribution in [2.24, 2.45) is 0 Å². The van der Waals surface area contributed by atoms with Crippen LogP contribution in [0.2, 0.25) is 0 Å². The molecule has 0 amide bonds. The van der Waals surface area contributed by atoms with Gasteiger partial charge in [0.15, 0.2) is 5.58 Å². The predicted molar refractivity (Wildman–Crippen MR) is 148 cm³/mol. The van der Waals surface area contributed by atoms with E-state index in [9.17, 15) is 22.4 Å². The molecule has 1 aliphatic rings. The van der Waals surface area contributed by atoms with Crippen LogP contribution in [-0.2, 0) is 10.0 Å². The maximum absolute atomic E-state index is 14.8. The summed E-state index contributed by atoms with van der Waals surface area (Å²) in [6, 6.07) is 9.77. The van der Waals surface area contributed by atoms with Crippen LogP contribution in [0, 0.1) is 33.5 Å². The van der Waals surface area contributed by atoms with E-state index in [1.165, 1.54) is 13.0 Å². The second-order valence-electron chi connectivity index (χ2n) is 9.92. The first-order chi connectivity index (χ1) is 17.9. The lowest BCUT2D eigenvalue weighted by Crippen LogP contribution is -2.25. The average Bonchev–Trinajstić information content (AvgIpc) is 3.65. The first-order valence-corrected chi connectivity index (χ1v) is 14.1. The molecular formula is C28H28FN3O5S. The molecule has 38 heavy (non-hydrogen) atoms. The lowest BCUT2D eigenvalue weighted by Gasteiger charge is -2.21. The number of rotatable bonds is 6. The molecule has 4 aromatic rings. The van der Waals surface area contributed by atoms with Crippen molar-refractivity contribution in [3.05, 3.63) is 85.4 Å². The van der Waals surface area contributed by atoms with E-state index in [0.29, 0.717) is 28.1 Å². The minimum absolute atomic E-state index is 0.0144. The van der Waals surface area contributed by atoms with Gasteiger partial charge in [-0.25, -0.2) is 17.6 Å². The Labute approximate surface area is 219 Å². The minimum atomic E-state index is -3.55. The zero-order valence-electron chi connectivity index (χ0n) is 21.7. The van der Waals surface area contributed by atoms with Gasteiger partial charge in [-0.2, -0.15) is 0 Å². The molecule has 198 valence electrons. The summed E-state index contributed by atoms with van der Waals surface area (Å²) in [6.45, 7) is 6.84. The molecule has 0 unspecified atom stereocenters. The highest BCUT2D eigenvalue weighted by Gasteiger charge is 2.31. The molecule has 10 heteroatoms. The fourth-order valence-electron chi connectivity index (χ4n) is 4.88. The van der Waals surface area contributed by atoms with Crippen molar-refractivity contribution < 1.29 is 17.2 Å². The van der Waals surface area contributed by atoms with Gasteiger partial charge in [-0.05, 0) is 75.4 Å². The number of hydrogen-bond acceptors (Lipinski definition) is 6. The lowest BCUT2D eigenvalue weighted by atomic mass is 9.95. The Morgan fingerprint density at radius 2 is 1.71 bits per heavy atom. The third-order valence-electron chi connectivity index (χ3n) is 6.93. The van der Waals surface area contributed by atoms with Gasteiger partial charge >= 0.3 is 5.63 Å². The molecule has 1 fully saturated rings. The zero-order chi connectivity index (χ0) is 27.5. The Bertz CT molecular complexity index is 1850. The van der Waals surface area contributed by atoms with Gasteiger partial charge in [0, 0.05) is 17.3 Å². The van der Waals surface area contributed by atoms with Gasteiger partial charge in [0.2, 0.25) is 10.0 Å². The quantitative estimate of drug-likeness (QED) is 0.339. The van der Waals surface area contributed by atoms with Crippen molar-refractivity contribution >= 4 is 38.1 Å². The number of anilines is 3. The van der Waals surface area contributed by atoms with Gasteiger partial charge in [-0.1, -0.05) is 18.2 Å². The minimum Gasteiger partial charge on any atom is -0.421 e. The van der Waals surface area contributed by atoms with E-state index < -0.39 is 21.5 Å². The van der Waals surface area contributed by atoms with Crippen molar-refractivity contribution in [3.63, 3.8) is 0 Å². The van der Waals surface area contributed by atoms with Gasteiger partial charge in [-0.3, -0.25) is 9.52 Å². The third-order valence-corrected chi connectivity index (χ3v) is 7.52. The Hall–Kier alpha value is -3.92. The van der Waals surface area contributed by atoms with E-state index in [4.69, 9.17) is 4.42 Å². The first kappa shape index (κ1) is 25.7. The molecule has 0 aliphatic heterocycles. The topological polar surface area (TPSA) is 110 Å². The third kappa shape index (κ3) is 4.49. The van der Waals surface area contributed by atoms with Crippen LogP contribution in [0.15, 0.2) is 50.4 Å². The van der Waals surface area contributed by atoms with Crippen molar-refractivity contribution in [1.82, 2.24) is 4.57 Å². The van der Waals surface area contributed by atoms with Crippen LogP contribution >= 0.6 is 0 Å². The van der Waals surface area contributed by atoms with Crippen LogP contribution in [0.4, 0.5) is 21.5 Å². The second kappa shape index (κ2) is 9.13. The molecule has 2 aromatic carbocycles. The van der Waals surface area contributed by atoms with Crippen molar-refractivity contribution in [2.45, 2.75) is 46.6 Å². The van der Waals surface area contributed by atoms with Gasteiger partial charge in [0.05, 0.1) is 28.9 Å². The highest BCUT2D eigenvalue weighted by atomic mass is 32.2. The second-order valence-corrected chi connectivity index (χ2v) is 11.7. The van der Waals surface area contributed by atoms with E-state index in [-0.39, 0.29) is 39.5 Å². The van der Waals surface area contributed by atoms with Gasteiger partial charge in [-0.15, -0.1) is 0 Å². The molecule has 0 radical (unpaired) electrons. The van der Waals surface area contributed by atoms with Gasteiger partial charge in [0.25, 0.3) is 5.56 Å². The smallest absolute Gasteiger partial charge is 0.341 e. The molecule has 1 saturated carbocycles. The van der Waals surface area contributed by atoms with Crippen molar-refractivity contribution in [1.29, 1.82) is 0 Å². The number of sulfonamides is 1. The number of fused-ring (bicyclic) bond motifs is 1. The molecular weight excluding hydrogens is 509 g/mol. The SMILES string of the molecule is Cc1ccc(Nc2c(C)c(=O)oc3c(-c4cccc(NS(C)(=O)=O)c4C)c(C)n(C4CC4)c(=O)c23)c(F)c1. The number of nitrogens with zero attached hydrogens (tertiary/aromatic N) is 1. The normalized spacial score (nSPS) is 13.6. The largest absolute Gasteiger partial charge is 0.421 e.